The first-order chi connectivity index (χ1) is 8.65. The molecular weight excluding hydrogens is 252 g/mol. The normalized spacial score (nSPS) is 13.7. The van der Waals surface area contributed by atoms with Crippen LogP contribution < -0.4 is 5.32 Å². The molecule has 0 aliphatic heterocycles. The molecule has 7 nitrogen and oxygen atoms in total. The Morgan fingerprint density at radius 1 is 1.16 bits per heavy atom. The lowest BCUT2D eigenvalue weighted by molar-refractivity contribution is -0.145. The smallest absolute Gasteiger partial charge is 0.326 e. The summed E-state index contributed by atoms with van der Waals surface area (Å²) in [5.74, 6) is -2.23. The number of amides is 2. The van der Waals surface area contributed by atoms with Crippen molar-refractivity contribution < 1.29 is 24.6 Å². The van der Waals surface area contributed by atoms with E-state index >= 15 is 0 Å². The molecule has 0 saturated heterocycles. The van der Waals surface area contributed by atoms with Crippen molar-refractivity contribution in [1.82, 2.24) is 10.2 Å². The predicted molar refractivity (Wildman–Crippen MR) is 68.9 cm³/mol. The maximum absolute atomic E-state index is 11.8. The molecule has 0 fully saturated rings. The van der Waals surface area contributed by atoms with E-state index in [0.717, 1.165) is 6.42 Å². The van der Waals surface area contributed by atoms with E-state index in [1.165, 1.54) is 4.90 Å². The first-order valence-corrected chi connectivity index (χ1v) is 6.13. The molecule has 0 aromatic carbocycles. The second kappa shape index (κ2) is 7.60. The molecule has 0 rings (SSSR count). The van der Waals surface area contributed by atoms with Gasteiger partial charge in [-0.05, 0) is 19.3 Å². The van der Waals surface area contributed by atoms with Gasteiger partial charge in [0.25, 0.3) is 0 Å². The standard InChI is InChI=1S/C12H22N2O5/c1-7(2)5-8(3)14(4)12(19)13-9(11(17)18)6-10(15)16/h7-9H,5-6H2,1-4H3,(H,13,19)(H,15,16)(H,17,18)/t8?,9-/m0/s1. The fraction of sp³-hybridized carbons (Fsp3) is 0.750. The van der Waals surface area contributed by atoms with Crippen molar-refractivity contribution in [1.29, 1.82) is 0 Å². The molecule has 0 bridgehead atoms. The number of nitrogens with one attached hydrogen (secondary N) is 1. The maximum atomic E-state index is 11.8. The molecule has 0 saturated carbocycles. The van der Waals surface area contributed by atoms with Gasteiger partial charge in [-0.15, -0.1) is 0 Å². The van der Waals surface area contributed by atoms with Crippen LogP contribution >= 0.6 is 0 Å². The Balaban J connectivity index is 4.54. The van der Waals surface area contributed by atoms with Gasteiger partial charge in [-0.2, -0.15) is 0 Å². The topological polar surface area (TPSA) is 107 Å². The van der Waals surface area contributed by atoms with Gasteiger partial charge in [-0.25, -0.2) is 9.59 Å². The number of nitrogens with zero attached hydrogens (tertiary/aromatic N) is 1. The molecule has 0 aliphatic carbocycles. The third-order valence-electron chi connectivity index (χ3n) is 2.77. The molecule has 3 N–H and O–H groups in total. The third kappa shape index (κ3) is 6.64. The summed E-state index contributed by atoms with van der Waals surface area (Å²) in [7, 11) is 1.56. The van der Waals surface area contributed by atoms with Crippen LogP contribution in [0.15, 0.2) is 0 Å². The zero-order chi connectivity index (χ0) is 15.2. The Morgan fingerprint density at radius 2 is 1.68 bits per heavy atom. The number of carboxylic acid groups (broad SMARTS) is 2. The minimum absolute atomic E-state index is 0.0562. The molecule has 2 atom stereocenters. The average molecular weight is 274 g/mol. The van der Waals surface area contributed by atoms with Gasteiger partial charge in [0.2, 0.25) is 0 Å². The van der Waals surface area contributed by atoms with Gasteiger partial charge in [0.05, 0.1) is 6.42 Å². The van der Waals surface area contributed by atoms with E-state index in [9.17, 15) is 14.4 Å². The Morgan fingerprint density at radius 3 is 2.05 bits per heavy atom. The lowest BCUT2D eigenvalue weighted by Gasteiger charge is -2.27. The van der Waals surface area contributed by atoms with Gasteiger partial charge in [0.1, 0.15) is 6.04 Å². The van der Waals surface area contributed by atoms with Gasteiger partial charge in [-0.3, -0.25) is 4.79 Å². The molecule has 1 unspecified atom stereocenters. The van der Waals surface area contributed by atoms with Crippen molar-refractivity contribution in [3.8, 4) is 0 Å². The van der Waals surface area contributed by atoms with E-state index in [1.807, 2.05) is 20.8 Å². The van der Waals surface area contributed by atoms with E-state index in [2.05, 4.69) is 5.32 Å². The Bertz CT molecular complexity index is 343. The number of carbonyl (C=O) groups is 3. The monoisotopic (exact) mass is 274 g/mol. The van der Waals surface area contributed by atoms with Crippen molar-refractivity contribution in [3.63, 3.8) is 0 Å². The number of carbonyl (C=O) groups excluding carboxylic acids is 1. The number of hydrogen-bond donors (Lipinski definition) is 3. The van der Waals surface area contributed by atoms with Crippen LogP contribution in [0.1, 0.15) is 33.6 Å². The average Bonchev–Trinajstić information content (AvgIpc) is 2.25. The van der Waals surface area contributed by atoms with Gasteiger partial charge in [0, 0.05) is 13.1 Å². The van der Waals surface area contributed by atoms with Crippen LogP contribution in [0.3, 0.4) is 0 Å². The summed E-state index contributed by atoms with van der Waals surface area (Å²) in [6.45, 7) is 5.89. The molecule has 19 heavy (non-hydrogen) atoms. The summed E-state index contributed by atoms with van der Waals surface area (Å²) in [6.07, 6.45) is 0.133. The van der Waals surface area contributed by atoms with Crippen LogP contribution in [-0.2, 0) is 9.59 Å². The van der Waals surface area contributed by atoms with Crippen LogP contribution in [0.5, 0.6) is 0 Å². The summed E-state index contributed by atoms with van der Waals surface area (Å²) in [6, 6.07) is -2.06. The van der Waals surface area contributed by atoms with Crippen LogP contribution in [0, 0.1) is 5.92 Å². The Hall–Kier alpha value is -1.79. The largest absolute Gasteiger partial charge is 0.481 e. The lowest BCUT2D eigenvalue weighted by atomic mass is 10.0. The highest BCUT2D eigenvalue weighted by Gasteiger charge is 2.26. The number of hydrogen-bond acceptors (Lipinski definition) is 3. The zero-order valence-electron chi connectivity index (χ0n) is 11.7. The highest BCUT2D eigenvalue weighted by atomic mass is 16.4. The van der Waals surface area contributed by atoms with E-state index in [1.54, 1.807) is 7.05 Å². The minimum atomic E-state index is -1.42. The first-order valence-electron chi connectivity index (χ1n) is 6.13. The molecule has 2 amide bonds. The molecule has 0 aromatic rings. The molecular formula is C12H22N2O5. The number of rotatable bonds is 7. The minimum Gasteiger partial charge on any atom is -0.481 e. The summed E-state index contributed by atoms with van der Waals surface area (Å²) >= 11 is 0. The van der Waals surface area contributed by atoms with E-state index < -0.39 is 30.4 Å². The summed E-state index contributed by atoms with van der Waals surface area (Å²) < 4.78 is 0. The summed E-state index contributed by atoms with van der Waals surface area (Å²) in [4.78, 5) is 34.6. The number of urea groups is 1. The zero-order valence-corrected chi connectivity index (χ0v) is 11.7. The maximum Gasteiger partial charge on any atom is 0.326 e. The molecule has 0 radical (unpaired) electrons. The highest BCUT2D eigenvalue weighted by molar-refractivity contribution is 5.86. The fourth-order valence-corrected chi connectivity index (χ4v) is 1.67. The lowest BCUT2D eigenvalue weighted by Crippen LogP contribution is -2.50. The van der Waals surface area contributed by atoms with E-state index in [-0.39, 0.29) is 6.04 Å². The van der Waals surface area contributed by atoms with Crippen molar-refractivity contribution in [3.05, 3.63) is 0 Å². The summed E-state index contributed by atoms with van der Waals surface area (Å²) in [5, 5.41) is 19.6. The molecule has 0 aliphatic rings. The van der Waals surface area contributed by atoms with Gasteiger partial charge >= 0.3 is 18.0 Å². The van der Waals surface area contributed by atoms with Crippen LogP contribution in [0.2, 0.25) is 0 Å². The van der Waals surface area contributed by atoms with Gasteiger partial charge in [0.15, 0.2) is 0 Å². The molecule has 7 heteroatoms. The highest BCUT2D eigenvalue weighted by Crippen LogP contribution is 2.10. The van der Waals surface area contributed by atoms with Crippen LogP contribution in [-0.4, -0.2) is 52.2 Å². The van der Waals surface area contributed by atoms with Gasteiger partial charge < -0.3 is 20.4 Å². The Labute approximate surface area is 112 Å². The van der Waals surface area contributed by atoms with E-state index in [0.29, 0.717) is 5.92 Å². The summed E-state index contributed by atoms with van der Waals surface area (Å²) in [5.41, 5.74) is 0. The van der Waals surface area contributed by atoms with Crippen LogP contribution in [0.25, 0.3) is 0 Å². The SMILES string of the molecule is CC(C)CC(C)N(C)C(=O)N[C@@H](CC(=O)O)C(=O)O. The molecule has 0 spiro atoms. The van der Waals surface area contributed by atoms with Crippen molar-refractivity contribution in [2.24, 2.45) is 5.92 Å². The predicted octanol–water partition coefficient (Wildman–Crippen LogP) is 0.990. The second-order valence-corrected chi connectivity index (χ2v) is 5.03. The quantitative estimate of drug-likeness (QED) is 0.641. The van der Waals surface area contributed by atoms with E-state index in [4.69, 9.17) is 10.2 Å². The number of aliphatic carboxylic acids is 2. The second-order valence-electron chi connectivity index (χ2n) is 5.03. The van der Waals surface area contributed by atoms with Gasteiger partial charge in [-0.1, -0.05) is 13.8 Å². The van der Waals surface area contributed by atoms with Crippen molar-refractivity contribution in [2.45, 2.75) is 45.7 Å². The molecule has 110 valence electrons. The molecule has 0 heterocycles. The van der Waals surface area contributed by atoms with Crippen molar-refractivity contribution >= 4 is 18.0 Å². The Kier molecular flexibility index (Phi) is 6.89. The third-order valence-corrected chi connectivity index (χ3v) is 2.77. The number of carboxylic acids is 2. The fourth-order valence-electron chi connectivity index (χ4n) is 1.67. The van der Waals surface area contributed by atoms with Crippen LogP contribution in [0.4, 0.5) is 4.79 Å². The molecule has 0 aromatic heterocycles. The first kappa shape index (κ1) is 17.2. The van der Waals surface area contributed by atoms with Crippen molar-refractivity contribution in [2.75, 3.05) is 7.05 Å².